The number of hydrogen-bond acceptors (Lipinski definition) is 7. The Morgan fingerprint density at radius 2 is 2.06 bits per heavy atom. The van der Waals surface area contributed by atoms with Crippen LogP contribution in [0.15, 0.2) is 39.8 Å². The van der Waals surface area contributed by atoms with Crippen LogP contribution >= 0.6 is 47.3 Å². The van der Waals surface area contributed by atoms with E-state index in [9.17, 15) is 14.4 Å². The molecule has 2 fully saturated rings. The number of fused-ring (bicyclic) bond motifs is 1. The van der Waals surface area contributed by atoms with Gasteiger partial charge in [-0.2, -0.15) is 0 Å². The lowest BCUT2D eigenvalue weighted by Gasteiger charge is -2.25. The molecule has 2 heterocycles. The van der Waals surface area contributed by atoms with E-state index in [4.69, 9.17) is 28.6 Å². The molecule has 6 nitrogen and oxygen atoms in total. The minimum Gasteiger partial charge on any atom is -0.463 e. The fourth-order valence-electron chi connectivity index (χ4n) is 4.33. The number of nitrogens with one attached hydrogen (secondary N) is 1. The quantitative estimate of drug-likeness (QED) is 0.294. The van der Waals surface area contributed by atoms with E-state index in [-0.39, 0.29) is 36.7 Å². The van der Waals surface area contributed by atoms with Crippen LogP contribution in [0.2, 0.25) is 5.02 Å². The standard InChI is InChI=1S/C24H25ClN2O4S3/c1-2-31-23(30)20-15-8-4-6-10-17(15)33-21(20)26-19(28)11-12-27-22(29)18(34-24(27)32)13-14-7-3-5-9-16(14)25/h3,5,7,9,13,15,17H,2,4,6,8,10-12H2,1H3,(H,26,28). The Morgan fingerprint density at radius 3 is 2.82 bits per heavy atom. The summed E-state index contributed by atoms with van der Waals surface area (Å²) in [7, 11) is 0. The lowest BCUT2D eigenvalue weighted by atomic mass is 9.84. The predicted octanol–water partition coefficient (Wildman–Crippen LogP) is 5.13. The second-order valence-electron chi connectivity index (χ2n) is 8.16. The second-order valence-corrected chi connectivity index (χ2v) is 11.5. The molecule has 4 rings (SSSR count). The van der Waals surface area contributed by atoms with Crippen molar-refractivity contribution in [1.29, 1.82) is 0 Å². The molecule has 1 aromatic rings. The Morgan fingerprint density at radius 1 is 1.29 bits per heavy atom. The molecular weight excluding hydrogens is 512 g/mol. The molecule has 10 heteroatoms. The number of benzene rings is 1. The molecular formula is C24H25ClN2O4S3. The highest BCUT2D eigenvalue weighted by atomic mass is 35.5. The van der Waals surface area contributed by atoms with Crippen molar-refractivity contribution in [3.05, 3.63) is 50.4 Å². The Balaban J connectivity index is 1.40. The van der Waals surface area contributed by atoms with Crippen LogP contribution in [-0.4, -0.2) is 45.4 Å². The van der Waals surface area contributed by atoms with Gasteiger partial charge in [-0.3, -0.25) is 14.5 Å². The zero-order chi connectivity index (χ0) is 24.2. The minimum atomic E-state index is -0.346. The van der Waals surface area contributed by atoms with Gasteiger partial charge >= 0.3 is 5.97 Å². The molecule has 0 radical (unpaired) electrons. The van der Waals surface area contributed by atoms with Crippen molar-refractivity contribution in [1.82, 2.24) is 10.2 Å². The van der Waals surface area contributed by atoms with Gasteiger partial charge in [0.25, 0.3) is 5.91 Å². The van der Waals surface area contributed by atoms with Crippen LogP contribution in [0.3, 0.4) is 0 Å². The number of amides is 2. The maximum Gasteiger partial charge on any atom is 0.336 e. The Labute approximate surface area is 217 Å². The number of halogens is 1. The normalized spacial score (nSPS) is 23.5. The van der Waals surface area contributed by atoms with Crippen molar-refractivity contribution in [3.63, 3.8) is 0 Å². The van der Waals surface area contributed by atoms with Crippen LogP contribution in [0.5, 0.6) is 0 Å². The van der Waals surface area contributed by atoms with Gasteiger partial charge in [-0.15, -0.1) is 11.8 Å². The first kappa shape index (κ1) is 25.3. The highest BCUT2D eigenvalue weighted by Gasteiger charge is 2.41. The highest BCUT2D eigenvalue weighted by Crippen LogP contribution is 2.48. The minimum absolute atomic E-state index is 0.0707. The molecule has 1 aromatic carbocycles. The van der Waals surface area contributed by atoms with E-state index < -0.39 is 0 Å². The van der Waals surface area contributed by atoms with Gasteiger partial charge in [0.15, 0.2) is 0 Å². The molecule has 2 aliphatic heterocycles. The maximum atomic E-state index is 12.9. The van der Waals surface area contributed by atoms with Crippen molar-refractivity contribution in [2.75, 3.05) is 13.2 Å². The van der Waals surface area contributed by atoms with Gasteiger partial charge in [-0.1, -0.05) is 66.6 Å². The number of rotatable bonds is 7. The smallest absolute Gasteiger partial charge is 0.336 e. The van der Waals surface area contributed by atoms with Crippen LogP contribution < -0.4 is 5.32 Å². The summed E-state index contributed by atoms with van der Waals surface area (Å²) >= 11 is 14.3. The van der Waals surface area contributed by atoms with E-state index in [0.29, 0.717) is 36.7 Å². The first-order chi connectivity index (χ1) is 16.4. The first-order valence-corrected chi connectivity index (χ1v) is 13.7. The number of hydrogen-bond donors (Lipinski definition) is 1. The zero-order valence-corrected chi connectivity index (χ0v) is 21.9. The third kappa shape index (κ3) is 5.53. The van der Waals surface area contributed by atoms with Gasteiger partial charge in [-0.25, -0.2) is 4.79 Å². The molecule has 2 unspecified atom stereocenters. The van der Waals surface area contributed by atoms with Crippen LogP contribution in [0.25, 0.3) is 6.08 Å². The molecule has 0 aromatic heterocycles. The molecule has 0 bridgehead atoms. The zero-order valence-electron chi connectivity index (χ0n) is 18.7. The summed E-state index contributed by atoms with van der Waals surface area (Å²) < 4.78 is 5.68. The molecule has 1 saturated carbocycles. The average molecular weight is 537 g/mol. The fraction of sp³-hybridized carbons (Fsp3) is 0.417. The summed E-state index contributed by atoms with van der Waals surface area (Å²) in [5.41, 5.74) is 1.33. The average Bonchev–Trinajstić information content (AvgIpc) is 3.30. The number of nitrogens with zero attached hydrogens (tertiary/aromatic N) is 1. The monoisotopic (exact) mass is 536 g/mol. The fourth-order valence-corrected chi connectivity index (χ4v) is 7.38. The van der Waals surface area contributed by atoms with E-state index in [1.807, 2.05) is 18.2 Å². The van der Waals surface area contributed by atoms with Crippen LogP contribution in [-0.2, 0) is 19.1 Å². The molecule has 1 aliphatic carbocycles. The topological polar surface area (TPSA) is 75.7 Å². The van der Waals surface area contributed by atoms with Gasteiger partial charge in [0, 0.05) is 29.2 Å². The van der Waals surface area contributed by atoms with Gasteiger partial charge in [0.1, 0.15) is 4.32 Å². The summed E-state index contributed by atoms with van der Waals surface area (Å²) in [5.74, 6) is -0.724. The van der Waals surface area contributed by atoms with Crippen LogP contribution in [0.1, 0.15) is 44.6 Å². The highest BCUT2D eigenvalue weighted by molar-refractivity contribution is 8.26. The Kier molecular flexibility index (Phi) is 8.39. The summed E-state index contributed by atoms with van der Waals surface area (Å²) in [5, 5.41) is 4.37. The van der Waals surface area contributed by atoms with E-state index in [0.717, 1.165) is 31.2 Å². The van der Waals surface area contributed by atoms with Crippen LogP contribution in [0.4, 0.5) is 0 Å². The third-order valence-corrected chi connectivity index (χ3v) is 9.11. The molecule has 2 amide bonds. The number of thiocarbonyl (C=S) groups is 1. The summed E-state index contributed by atoms with van der Waals surface area (Å²) in [6, 6.07) is 7.26. The van der Waals surface area contributed by atoms with Crippen molar-refractivity contribution in [3.8, 4) is 0 Å². The van der Waals surface area contributed by atoms with Gasteiger partial charge in [0.05, 0.1) is 22.1 Å². The molecule has 0 spiro atoms. The van der Waals surface area contributed by atoms with Gasteiger partial charge < -0.3 is 10.1 Å². The Bertz CT molecular complexity index is 1090. The Hall–Kier alpha value is -1.81. The van der Waals surface area contributed by atoms with E-state index in [2.05, 4.69) is 5.32 Å². The van der Waals surface area contributed by atoms with Gasteiger partial charge in [0.2, 0.25) is 5.91 Å². The summed E-state index contributed by atoms with van der Waals surface area (Å²) in [4.78, 5) is 40.2. The van der Waals surface area contributed by atoms with Crippen molar-refractivity contribution in [2.45, 2.75) is 44.3 Å². The van der Waals surface area contributed by atoms with Crippen LogP contribution in [0, 0.1) is 5.92 Å². The molecule has 34 heavy (non-hydrogen) atoms. The lowest BCUT2D eigenvalue weighted by Crippen LogP contribution is -2.33. The molecule has 2 atom stereocenters. The number of carbonyl (C=O) groups excluding carboxylic acids is 3. The van der Waals surface area contributed by atoms with E-state index in [1.165, 1.54) is 16.7 Å². The number of thioether (sulfide) groups is 2. The summed E-state index contributed by atoms with van der Waals surface area (Å²) in [6.07, 6.45) is 5.94. The maximum absolute atomic E-state index is 12.9. The van der Waals surface area contributed by atoms with E-state index >= 15 is 0 Å². The molecule has 180 valence electrons. The lowest BCUT2D eigenvalue weighted by molar-refractivity contribution is -0.139. The molecule has 1 saturated heterocycles. The van der Waals surface area contributed by atoms with Crippen molar-refractivity contribution < 1.29 is 19.1 Å². The SMILES string of the molecule is CCOC(=O)C1=C(NC(=O)CCN2C(=O)C(=Cc3ccccc3Cl)SC2=S)SC2CCCCC12. The van der Waals surface area contributed by atoms with E-state index in [1.54, 1.807) is 30.8 Å². The van der Waals surface area contributed by atoms with Gasteiger partial charge in [-0.05, 0) is 37.5 Å². The number of carbonyl (C=O) groups is 3. The number of ether oxygens (including phenoxy) is 1. The summed E-state index contributed by atoms with van der Waals surface area (Å²) in [6.45, 7) is 2.23. The number of esters is 1. The molecule has 1 N–H and O–H groups in total. The largest absolute Gasteiger partial charge is 0.463 e. The second kappa shape index (κ2) is 11.3. The first-order valence-electron chi connectivity index (χ1n) is 11.3. The third-order valence-electron chi connectivity index (χ3n) is 5.96. The van der Waals surface area contributed by atoms with Crippen molar-refractivity contribution in [2.24, 2.45) is 5.92 Å². The van der Waals surface area contributed by atoms with Crippen molar-refractivity contribution >= 4 is 75.5 Å². The predicted molar refractivity (Wildman–Crippen MR) is 141 cm³/mol. The molecule has 3 aliphatic rings.